The maximum atomic E-state index is 10.9. The molecule has 0 spiro atoms. The predicted molar refractivity (Wildman–Crippen MR) is 85.3 cm³/mol. The van der Waals surface area contributed by atoms with Gasteiger partial charge in [0.05, 0.1) is 14.1 Å². The van der Waals surface area contributed by atoms with Gasteiger partial charge >= 0.3 is 5.97 Å². The lowest BCUT2D eigenvalue weighted by atomic mass is 10.0. The van der Waals surface area contributed by atoms with E-state index in [4.69, 9.17) is 9.84 Å². The SMILES string of the molecule is C[N+](C)(COC(c1ccccc1)c1ccccc1)CC(=O)O. The monoisotopic (exact) mass is 300 g/mol. The number of rotatable bonds is 7. The Labute approximate surface area is 131 Å². The van der Waals surface area contributed by atoms with Crippen molar-refractivity contribution in [2.75, 3.05) is 27.4 Å². The van der Waals surface area contributed by atoms with Crippen molar-refractivity contribution >= 4 is 5.97 Å². The molecular weight excluding hydrogens is 278 g/mol. The maximum Gasteiger partial charge on any atom is 0.359 e. The molecule has 0 unspecified atom stereocenters. The van der Waals surface area contributed by atoms with E-state index in [0.29, 0.717) is 6.73 Å². The summed E-state index contributed by atoms with van der Waals surface area (Å²) in [6.07, 6.45) is -0.200. The minimum absolute atomic E-state index is 0.0241. The molecule has 2 rings (SSSR count). The number of nitrogens with zero attached hydrogens (tertiary/aromatic N) is 1. The van der Waals surface area contributed by atoms with Gasteiger partial charge < -0.3 is 9.84 Å². The fourth-order valence-electron chi connectivity index (χ4n) is 2.33. The third kappa shape index (κ3) is 4.69. The Morgan fingerprint density at radius 3 is 1.86 bits per heavy atom. The van der Waals surface area contributed by atoms with E-state index in [2.05, 4.69) is 0 Å². The van der Waals surface area contributed by atoms with Crippen molar-refractivity contribution < 1.29 is 19.1 Å². The van der Waals surface area contributed by atoms with Gasteiger partial charge in [0.25, 0.3) is 0 Å². The van der Waals surface area contributed by atoms with Crippen LogP contribution in [0.3, 0.4) is 0 Å². The van der Waals surface area contributed by atoms with Gasteiger partial charge in [-0.25, -0.2) is 4.79 Å². The predicted octanol–water partition coefficient (Wildman–Crippen LogP) is 2.91. The van der Waals surface area contributed by atoms with Crippen molar-refractivity contribution in [2.45, 2.75) is 6.10 Å². The first-order valence-electron chi connectivity index (χ1n) is 7.23. The highest BCUT2D eigenvalue weighted by Crippen LogP contribution is 2.26. The zero-order chi connectivity index (χ0) is 16.0. The highest BCUT2D eigenvalue weighted by Gasteiger charge is 2.23. The second kappa shape index (κ2) is 7.20. The number of quaternary nitrogens is 1. The van der Waals surface area contributed by atoms with E-state index in [-0.39, 0.29) is 17.1 Å². The van der Waals surface area contributed by atoms with Crippen LogP contribution in [0, 0.1) is 0 Å². The molecule has 2 aromatic rings. The Hall–Kier alpha value is -2.17. The molecule has 0 heterocycles. The Kier molecular flexibility index (Phi) is 5.31. The third-order valence-corrected chi connectivity index (χ3v) is 3.36. The summed E-state index contributed by atoms with van der Waals surface area (Å²) in [5, 5.41) is 8.98. The molecule has 0 bridgehead atoms. The molecule has 4 nitrogen and oxygen atoms in total. The minimum atomic E-state index is -0.829. The molecule has 22 heavy (non-hydrogen) atoms. The van der Waals surface area contributed by atoms with Gasteiger partial charge in [0.2, 0.25) is 0 Å². The summed E-state index contributed by atoms with van der Waals surface area (Å²) in [4.78, 5) is 10.9. The molecule has 2 aromatic carbocycles. The fraction of sp³-hybridized carbons (Fsp3) is 0.278. The number of carboxylic acid groups (broad SMARTS) is 1. The van der Waals surface area contributed by atoms with Crippen LogP contribution in [0.25, 0.3) is 0 Å². The van der Waals surface area contributed by atoms with Crippen LogP contribution < -0.4 is 0 Å². The van der Waals surface area contributed by atoms with E-state index in [0.717, 1.165) is 11.1 Å². The first-order valence-corrected chi connectivity index (χ1v) is 7.23. The van der Waals surface area contributed by atoms with Crippen LogP contribution in [0.4, 0.5) is 0 Å². The lowest BCUT2D eigenvalue weighted by molar-refractivity contribution is -0.903. The van der Waals surface area contributed by atoms with Crippen molar-refractivity contribution in [3.05, 3.63) is 71.8 Å². The average Bonchev–Trinajstić information content (AvgIpc) is 2.48. The molecular formula is C18H22NO3+. The van der Waals surface area contributed by atoms with Gasteiger partial charge in [-0.05, 0) is 11.1 Å². The van der Waals surface area contributed by atoms with E-state index in [9.17, 15) is 4.79 Å². The second-order valence-corrected chi connectivity index (χ2v) is 5.98. The molecule has 0 aliphatic carbocycles. The largest absolute Gasteiger partial charge is 0.477 e. The zero-order valence-electron chi connectivity index (χ0n) is 13.0. The van der Waals surface area contributed by atoms with Crippen molar-refractivity contribution in [3.63, 3.8) is 0 Å². The van der Waals surface area contributed by atoms with Gasteiger partial charge in [-0.1, -0.05) is 60.7 Å². The van der Waals surface area contributed by atoms with E-state index in [1.807, 2.05) is 74.8 Å². The normalized spacial score (nSPS) is 11.6. The third-order valence-electron chi connectivity index (χ3n) is 3.36. The summed E-state index contributed by atoms with van der Waals surface area (Å²) in [6.45, 7) is 0.344. The van der Waals surface area contributed by atoms with Crippen LogP contribution in [0.1, 0.15) is 17.2 Å². The van der Waals surface area contributed by atoms with E-state index in [1.165, 1.54) is 0 Å². The van der Waals surface area contributed by atoms with E-state index in [1.54, 1.807) is 0 Å². The number of benzene rings is 2. The lowest BCUT2D eigenvalue weighted by Gasteiger charge is -2.30. The number of carbonyl (C=O) groups is 1. The van der Waals surface area contributed by atoms with Crippen LogP contribution in [0.2, 0.25) is 0 Å². The molecule has 0 aromatic heterocycles. The Balaban J connectivity index is 2.18. The first kappa shape index (κ1) is 16.2. The summed E-state index contributed by atoms with van der Waals surface area (Å²) >= 11 is 0. The summed E-state index contributed by atoms with van der Waals surface area (Å²) in [5.41, 5.74) is 2.12. The van der Waals surface area contributed by atoms with Gasteiger partial charge in [0.1, 0.15) is 6.10 Å². The van der Waals surface area contributed by atoms with E-state index < -0.39 is 5.97 Å². The molecule has 0 saturated carbocycles. The molecule has 0 saturated heterocycles. The van der Waals surface area contributed by atoms with Crippen LogP contribution in [0.5, 0.6) is 0 Å². The Morgan fingerprint density at radius 1 is 1.00 bits per heavy atom. The molecule has 0 radical (unpaired) electrons. The number of carboxylic acids is 1. The molecule has 116 valence electrons. The summed E-state index contributed by atoms with van der Waals surface area (Å²) in [6, 6.07) is 19.9. The van der Waals surface area contributed by atoms with Crippen LogP contribution in [0.15, 0.2) is 60.7 Å². The molecule has 0 amide bonds. The second-order valence-electron chi connectivity index (χ2n) is 5.98. The van der Waals surface area contributed by atoms with Crippen LogP contribution in [-0.2, 0) is 9.53 Å². The average molecular weight is 300 g/mol. The van der Waals surface area contributed by atoms with Crippen LogP contribution >= 0.6 is 0 Å². The number of hydrogen-bond donors (Lipinski definition) is 1. The molecule has 4 heteroatoms. The highest BCUT2D eigenvalue weighted by molar-refractivity contribution is 5.67. The molecule has 0 atom stereocenters. The first-order chi connectivity index (χ1) is 10.5. The van der Waals surface area contributed by atoms with E-state index >= 15 is 0 Å². The lowest BCUT2D eigenvalue weighted by Crippen LogP contribution is -2.45. The van der Waals surface area contributed by atoms with Gasteiger partial charge in [0, 0.05) is 0 Å². The summed E-state index contributed by atoms with van der Waals surface area (Å²) in [5.74, 6) is -0.829. The topological polar surface area (TPSA) is 46.5 Å². The standard InChI is InChI=1S/C18H21NO3/c1-19(2,13-17(20)21)14-22-18(15-9-5-3-6-10-15)16-11-7-4-8-12-16/h3-12,18H,13-14H2,1-2H3/p+1. The Bertz CT molecular complexity index is 557. The molecule has 0 fully saturated rings. The number of aliphatic carboxylic acids is 1. The van der Waals surface area contributed by atoms with Crippen LogP contribution in [-0.4, -0.2) is 42.9 Å². The number of hydrogen-bond acceptors (Lipinski definition) is 2. The number of ether oxygens (including phenoxy) is 1. The van der Waals surface area contributed by atoms with Crippen molar-refractivity contribution in [2.24, 2.45) is 0 Å². The van der Waals surface area contributed by atoms with Gasteiger partial charge in [0.15, 0.2) is 13.3 Å². The zero-order valence-corrected chi connectivity index (χ0v) is 13.0. The van der Waals surface area contributed by atoms with Gasteiger partial charge in [-0.2, -0.15) is 0 Å². The summed E-state index contributed by atoms with van der Waals surface area (Å²) < 4.78 is 6.36. The van der Waals surface area contributed by atoms with Crippen molar-refractivity contribution in [1.82, 2.24) is 0 Å². The maximum absolute atomic E-state index is 10.9. The molecule has 0 aliphatic rings. The summed E-state index contributed by atoms with van der Waals surface area (Å²) in [7, 11) is 3.70. The highest BCUT2D eigenvalue weighted by atomic mass is 16.5. The number of likely N-dealkylation sites (N-methyl/N-ethyl adjacent to an activating group) is 1. The van der Waals surface area contributed by atoms with Gasteiger partial charge in [-0.3, -0.25) is 4.48 Å². The molecule has 1 N–H and O–H groups in total. The fourth-order valence-corrected chi connectivity index (χ4v) is 2.33. The quantitative estimate of drug-likeness (QED) is 0.632. The van der Waals surface area contributed by atoms with Crippen molar-refractivity contribution in [3.8, 4) is 0 Å². The molecule has 0 aliphatic heterocycles. The minimum Gasteiger partial charge on any atom is -0.477 e. The van der Waals surface area contributed by atoms with Crippen molar-refractivity contribution in [1.29, 1.82) is 0 Å². The smallest absolute Gasteiger partial charge is 0.359 e. The van der Waals surface area contributed by atoms with Gasteiger partial charge in [-0.15, -0.1) is 0 Å². The Morgan fingerprint density at radius 2 is 1.45 bits per heavy atom.